The van der Waals surface area contributed by atoms with Gasteiger partial charge in [0.1, 0.15) is 10.8 Å². The van der Waals surface area contributed by atoms with Crippen LogP contribution in [0.5, 0.6) is 5.75 Å². The molecular weight excluding hydrogens is 314 g/mol. The fraction of sp³-hybridized carbons (Fsp3) is 0.294. The maximum atomic E-state index is 12.3. The molecule has 0 aliphatic carbocycles. The van der Waals surface area contributed by atoms with E-state index >= 15 is 0 Å². The standard InChI is InChI=1S/C17H19NO4S/c1-10-11(2)23-16(15(10)17(20)22-4)18-14(19)9-12-7-5-6-8-13(12)21-3/h5-8H,9H2,1-4H3,(H,18,19). The molecule has 1 N–H and O–H groups in total. The van der Waals surface area contributed by atoms with Gasteiger partial charge in [-0.1, -0.05) is 18.2 Å². The van der Waals surface area contributed by atoms with Gasteiger partial charge in [-0.3, -0.25) is 4.79 Å². The largest absolute Gasteiger partial charge is 0.496 e. The molecule has 0 atom stereocenters. The summed E-state index contributed by atoms with van der Waals surface area (Å²) < 4.78 is 10.1. The molecule has 1 aromatic heterocycles. The molecule has 2 aromatic rings. The van der Waals surface area contributed by atoms with E-state index in [1.807, 2.05) is 38.1 Å². The molecule has 0 fully saturated rings. The summed E-state index contributed by atoms with van der Waals surface area (Å²) in [5.41, 5.74) is 2.04. The minimum atomic E-state index is -0.445. The molecule has 6 heteroatoms. The number of anilines is 1. The smallest absolute Gasteiger partial charge is 0.341 e. The number of methoxy groups -OCH3 is 2. The van der Waals surface area contributed by atoms with E-state index in [2.05, 4.69) is 5.32 Å². The predicted octanol–water partition coefficient (Wildman–Crippen LogP) is 3.34. The summed E-state index contributed by atoms with van der Waals surface area (Å²) in [7, 11) is 2.90. The van der Waals surface area contributed by atoms with Crippen LogP contribution in [0.4, 0.5) is 5.00 Å². The SMILES string of the molecule is COC(=O)c1c(NC(=O)Cc2ccccc2OC)sc(C)c1C. The lowest BCUT2D eigenvalue weighted by Gasteiger charge is -2.09. The van der Waals surface area contributed by atoms with Gasteiger partial charge < -0.3 is 14.8 Å². The number of rotatable bonds is 5. The van der Waals surface area contributed by atoms with Crippen LogP contribution >= 0.6 is 11.3 Å². The van der Waals surface area contributed by atoms with E-state index in [1.54, 1.807) is 7.11 Å². The first kappa shape index (κ1) is 17.0. The average Bonchev–Trinajstić information content (AvgIpc) is 2.81. The third-order valence-corrected chi connectivity index (χ3v) is 4.69. The van der Waals surface area contributed by atoms with Gasteiger partial charge in [-0.15, -0.1) is 11.3 Å². The molecule has 0 saturated carbocycles. The van der Waals surface area contributed by atoms with Gasteiger partial charge in [0.25, 0.3) is 0 Å². The van der Waals surface area contributed by atoms with E-state index < -0.39 is 5.97 Å². The first-order chi connectivity index (χ1) is 11.0. The molecule has 0 aliphatic rings. The molecule has 0 unspecified atom stereocenters. The summed E-state index contributed by atoms with van der Waals surface area (Å²) >= 11 is 1.37. The van der Waals surface area contributed by atoms with Crippen LogP contribution in [-0.4, -0.2) is 26.1 Å². The lowest BCUT2D eigenvalue weighted by Crippen LogP contribution is -2.16. The second-order valence-electron chi connectivity index (χ2n) is 5.02. The number of carbonyl (C=O) groups excluding carboxylic acids is 2. The van der Waals surface area contributed by atoms with Crippen LogP contribution in [-0.2, 0) is 16.0 Å². The second-order valence-corrected chi connectivity index (χ2v) is 6.24. The predicted molar refractivity (Wildman–Crippen MR) is 90.5 cm³/mol. The molecular formula is C17H19NO4S. The van der Waals surface area contributed by atoms with Crippen molar-refractivity contribution in [2.75, 3.05) is 19.5 Å². The molecule has 1 aromatic carbocycles. The number of thiophene rings is 1. The molecule has 5 nitrogen and oxygen atoms in total. The Morgan fingerprint density at radius 3 is 2.52 bits per heavy atom. The molecule has 0 spiro atoms. The fourth-order valence-electron chi connectivity index (χ4n) is 2.26. The molecule has 0 saturated heterocycles. The first-order valence-corrected chi connectivity index (χ1v) is 7.89. The van der Waals surface area contributed by atoms with Crippen LogP contribution in [0.3, 0.4) is 0 Å². The summed E-state index contributed by atoms with van der Waals surface area (Å²) in [5, 5.41) is 3.33. The van der Waals surface area contributed by atoms with E-state index in [9.17, 15) is 9.59 Å². The van der Waals surface area contributed by atoms with Gasteiger partial charge in [0, 0.05) is 10.4 Å². The zero-order valence-corrected chi connectivity index (χ0v) is 14.4. The second kappa shape index (κ2) is 7.28. The third-order valence-electron chi connectivity index (χ3n) is 3.57. The van der Waals surface area contributed by atoms with Gasteiger partial charge in [-0.25, -0.2) is 4.79 Å². The molecule has 0 bridgehead atoms. The van der Waals surface area contributed by atoms with Crippen molar-refractivity contribution in [3.05, 3.63) is 45.8 Å². The number of nitrogens with one attached hydrogen (secondary N) is 1. The monoisotopic (exact) mass is 333 g/mol. The van der Waals surface area contributed by atoms with Gasteiger partial charge in [0.2, 0.25) is 5.91 Å². The van der Waals surface area contributed by atoms with Gasteiger partial charge in [-0.2, -0.15) is 0 Å². The summed E-state index contributed by atoms with van der Waals surface area (Å²) in [6, 6.07) is 7.35. The Morgan fingerprint density at radius 2 is 1.87 bits per heavy atom. The quantitative estimate of drug-likeness (QED) is 0.852. The fourth-order valence-corrected chi connectivity index (χ4v) is 3.32. The maximum absolute atomic E-state index is 12.3. The van der Waals surface area contributed by atoms with Crippen molar-refractivity contribution >= 4 is 28.2 Å². The number of ether oxygens (including phenoxy) is 2. The van der Waals surface area contributed by atoms with Gasteiger partial charge in [-0.05, 0) is 25.5 Å². The van der Waals surface area contributed by atoms with Gasteiger partial charge in [0.05, 0.1) is 26.2 Å². The van der Waals surface area contributed by atoms with Crippen LogP contribution in [0.1, 0.15) is 26.4 Å². The third kappa shape index (κ3) is 3.71. The molecule has 1 amide bonds. The Bertz CT molecular complexity index is 736. The highest BCUT2D eigenvalue weighted by Gasteiger charge is 2.21. The van der Waals surface area contributed by atoms with E-state index in [1.165, 1.54) is 18.4 Å². The Hall–Kier alpha value is -2.34. The number of para-hydroxylation sites is 1. The normalized spacial score (nSPS) is 10.3. The van der Waals surface area contributed by atoms with Crippen molar-refractivity contribution in [3.8, 4) is 5.75 Å². The van der Waals surface area contributed by atoms with E-state index in [0.29, 0.717) is 16.3 Å². The molecule has 0 radical (unpaired) electrons. The number of aryl methyl sites for hydroxylation is 1. The lowest BCUT2D eigenvalue weighted by molar-refractivity contribution is -0.115. The van der Waals surface area contributed by atoms with Crippen molar-refractivity contribution < 1.29 is 19.1 Å². The van der Waals surface area contributed by atoms with E-state index in [-0.39, 0.29) is 12.3 Å². The van der Waals surface area contributed by atoms with E-state index in [0.717, 1.165) is 16.0 Å². The van der Waals surface area contributed by atoms with Crippen LogP contribution < -0.4 is 10.1 Å². The summed E-state index contributed by atoms with van der Waals surface area (Å²) in [4.78, 5) is 25.2. The van der Waals surface area contributed by atoms with Gasteiger partial charge >= 0.3 is 5.97 Å². The Labute approximate surface area is 139 Å². The van der Waals surface area contributed by atoms with Crippen LogP contribution in [0, 0.1) is 13.8 Å². The highest BCUT2D eigenvalue weighted by molar-refractivity contribution is 7.16. The van der Waals surface area contributed by atoms with Crippen molar-refractivity contribution in [1.82, 2.24) is 0 Å². The molecule has 0 aliphatic heterocycles. The zero-order chi connectivity index (χ0) is 17.0. The maximum Gasteiger partial charge on any atom is 0.341 e. The van der Waals surface area contributed by atoms with Crippen molar-refractivity contribution in [1.29, 1.82) is 0 Å². The molecule has 2 rings (SSSR count). The van der Waals surface area contributed by atoms with Crippen molar-refractivity contribution in [2.24, 2.45) is 0 Å². The van der Waals surface area contributed by atoms with E-state index in [4.69, 9.17) is 9.47 Å². The minimum Gasteiger partial charge on any atom is -0.496 e. The summed E-state index contributed by atoms with van der Waals surface area (Å²) in [6.07, 6.45) is 0.167. The highest BCUT2D eigenvalue weighted by atomic mass is 32.1. The summed E-state index contributed by atoms with van der Waals surface area (Å²) in [5.74, 6) is 0.00901. The van der Waals surface area contributed by atoms with Crippen LogP contribution in [0.25, 0.3) is 0 Å². The lowest BCUT2D eigenvalue weighted by atomic mass is 10.1. The Morgan fingerprint density at radius 1 is 1.17 bits per heavy atom. The Balaban J connectivity index is 2.21. The van der Waals surface area contributed by atoms with Crippen LogP contribution in [0.2, 0.25) is 0 Å². The minimum absolute atomic E-state index is 0.167. The number of esters is 1. The zero-order valence-electron chi connectivity index (χ0n) is 13.6. The van der Waals surface area contributed by atoms with Gasteiger partial charge in [0.15, 0.2) is 0 Å². The average molecular weight is 333 g/mol. The molecule has 1 heterocycles. The van der Waals surface area contributed by atoms with Crippen molar-refractivity contribution in [3.63, 3.8) is 0 Å². The topological polar surface area (TPSA) is 64.6 Å². The number of carbonyl (C=O) groups is 2. The number of hydrogen-bond donors (Lipinski definition) is 1. The number of amides is 1. The van der Waals surface area contributed by atoms with Crippen LogP contribution in [0.15, 0.2) is 24.3 Å². The molecule has 122 valence electrons. The van der Waals surface area contributed by atoms with Crippen molar-refractivity contribution in [2.45, 2.75) is 20.3 Å². The molecule has 23 heavy (non-hydrogen) atoms. The summed E-state index contributed by atoms with van der Waals surface area (Å²) in [6.45, 7) is 3.75. The number of benzene rings is 1. The Kier molecular flexibility index (Phi) is 5.39. The highest BCUT2D eigenvalue weighted by Crippen LogP contribution is 2.33. The number of hydrogen-bond acceptors (Lipinski definition) is 5. The first-order valence-electron chi connectivity index (χ1n) is 7.08.